The second-order valence-electron chi connectivity index (χ2n) is 12.2. The number of piperidine rings is 1. The van der Waals surface area contributed by atoms with Crippen LogP contribution in [0.1, 0.15) is 85.2 Å². The molecule has 1 saturated carbocycles. The zero-order chi connectivity index (χ0) is 28.1. The molecule has 4 aliphatic rings. The summed E-state index contributed by atoms with van der Waals surface area (Å²) in [4.78, 5) is 42.4. The molecule has 4 heterocycles. The Hall–Kier alpha value is -3.87. The molecular weight excluding hydrogens is 514 g/mol. The van der Waals surface area contributed by atoms with Gasteiger partial charge in [0, 0.05) is 54.1 Å². The van der Waals surface area contributed by atoms with Crippen molar-refractivity contribution < 1.29 is 19.5 Å². The van der Waals surface area contributed by atoms with Crippen molar-refractivity contribution in [3.8, 4) is 11.3 Å². The van der Waals surface area contributed by atoms with E-state index >= 15 is 0 Å². The number of rotatable bonds is 4. The number of hydrogen-bond donors (Lipinski definition) is 1. The van der Waals surface area contributed by atoms with E-state index in [0.717, 1.165) is 71.9 Å². The van der Waals surface area contributed by atoms with Crippen molar-refractivity contribution in [3.63, 3.8) is 0 Å². The molecule has 2 saturated heterocycles. The summed E-state index contributed by atoms with van der Waals surface area (Å²) in [7, 11) is 0. The molecule has 3 fully saturated rings. The van der Waals surface area contributed by atoms with E-state index in [1.807, 2.05) is 21.9 Å². The van der Waals surface area contributed by atoms with Crippen LogP contribution in [0, 0.1) is 0 Å². The van der Waals surface area contributed by atoms with Gasteiger partial charge in [-0.05, 0) is 67.4 Å². The highest BCUT2D eigenvalue weighted by molar-refractivity contribution is 6.03. The van der Waals surface area contributed by atoms with E-state index in [-0.39, 0.29) is 23.4 Å². The summed E-state index contributed by atoms with van der Waals surface area (Å²) < 4.78 is 2.22. The molecule has 0 bridgehead atoms. The highest BCUT2D eigenvalue weighted by Gasteiger charge is 2.34. The van der Waals surface area contributed by atoms with Gasteiger partial charge in [-0.2, -0.15) is 0 Å². The summed E-state index contributed by atoms with van der Waals surface area (Å²) in [5.41, 5.74) is 6.46. The number of likely N-dealkylation sites (tertiary alicyclic amines) is 2. The van der Waals surface area contributed by atoms with E-state index in [2.05, 4.69) is 28.8 Å². The molecule has 212 valence electrons. The van der Waals surface area contributed by atoms with Crippen LogP contribution >= 0.6 is 0 Å². The van der Waals surface area contributed by atoms with Gasteiger partial charge in [-0.15, -0.1) is 0 Å². The molecule has 3 aromatic rings. The molecule has 1 aromatic heterocycles. The Morgan fingerprint density at radius 1 is 0.878 bits per heavy atom. The summed E-state index contributed by atoms with van der Waals surface area (Å²) in [6, 6.07) is 14.0. The van der Waals surface area contributed by atoms with Crippen LogP contribution in [0.5, 0.6) is 0 Å². The van der Waals surface area contributed by atoms with Crippen molar-refractivity contribution in [2.75, 3.05) is 19.6 Å². The maximum atomic E-state index is 14.1. The van der Waals surface area contributed by atoms with Crippen LogP contribution in [-0.2, 0) is 16.1 Å². The van der Waals surface area contributed by atoms with Crippen molar-refractivity contribution in [1.82, 2.24) is 14.4 Å². The van der Waals surface area contributed by atoms with Gasteiger partial charge >= 0.3 is 5.97 Å². The molecule has 1 N–H and O–H groups in total. The van der Waals surface area contributed by atoms with Crippen molar-refractivity contribution in [3.05, 3.63) is 64.7 Å². The molecule has 0 unspecified atom stereocenters. The number of fused-ring (bicyclic) bond motifs is 5. The summed E-state index contributed by atoms with van der Waals surface area (Å²) in [5.74, 6) is -0.244. The number of aromatic carboxylic acids is 1. The Morgan fingerprint density at radius 3 is 2.39 bits per heavy atom. The van der Waals surface area contributed by atoms with Crippen molar-refractivity contribution in [2.45, 2.75) is 76.3 Å². The van der Waals surface area contributed by atoms with E-state index in [4.69, 9.17) is 0 Å². The Labute approximate surface area is 240 Å². The molecule has 2 amide bonds. The zero-order valence-corrected chi connectivity index (χ0v) is 23.5. The van der Waals surface area contributed by atoms with Gasteiger partial charge < -0.3 is 19.5 Å². The molecule has 7 heteroatoms. The molecular formula is C34H37N3O4. The number of amides is 2. The Bertz CT molecular complexity index is 1570. The lowest BCUT2D eigenvalue weighted by atomic mass is 9.81. The van der Waals surface area contributed by atoms with Crippen molar-refractivity contribution >= 4 is 34.8 Å². The third-order valence-corrected chi connectivity index (χ3v) is 9.82. The van der Waals surface area contributed by atoms with Gasteiger partial charge in [-0.1, -0.05) is 49.6 Å². The molecule has 7 nitrogen and oxygen atoms in total. The van der Waals surface area contributed by atoms with E-state index < -0.39 is 5.97 Å². The van der Waals surface area contributed by atoms with E-state index in [0.29, 0.717) is 32.0 Å². The lowest BCUT2D eigenvalue weighted by molar-refractivity contribution is -0.132. The van der Waals surface area contributed by atoms with Crippen molar-refractivity contribution in [1.29, 1.82) is 0 Å². The topological polar surface area (TPSA) is 82.8 Å². The fourth-order valence-electron chi connectivity index (χ4n) is 7.78. The van der Waals surface area contributed by atoms with Gasteiger partial charge in [0.15, 0.2) is 0 Å². The van der Waals surface area contributed by atoms with E-state index in [1.54, 1.807) is 12.1 Å². The first-order valence-electron chi connectivity index (χ1n) is 15.3. The molecule has 7 rings (SSSR count). The first-order valence-corrected chi connectivity index (χ1v) is 15.3. The second kappa shape index (κ2) is 10.5. The van der Waals surface area contributed by atoms with E-state index in [9.17, 15) is 19.5 Å². The first-order chi connectivity index (χ1) is 20.0. The lowest BCUT2D eigenvalue weighted by Gasteiger charge is -2.37. The molecule has 3 aliphatic heterocycles. The number of carboxylic acid groups (broad SMARTS) is 1. The van der Waals surface area contributed by atoms with Crippen LogP contribution in [-0.4, -0.2) is 62.9 Å². The summed E-state index contributed by atoms with van der Waals surface area (Å²) in [6.07, 6.45) is 11.2. The number of aromatic nitrogens is 1. The standard InChI is InChI=1S/C34H37N3O4/c38-30-11-6-16-36(30)26-14-17-35(18-15-26)33(39)25-19-23-9-4-5-10-27(23)32-31(22-7-2-1-3-8-22)28-13-12-24(34(40)41)20-29(28)37(32)21-25/h4-5,9-10,12-13,19-20,22,26H,1-3,6-8,11,14-18,21H2,(H,40,41). The minimum atomic E-state index is -0.943. The smallest absolute Gasteiger partial charge is 0.335 e. The minimum Gasteiger partial charge on any atom is -0.478 e. The number of benzene rings is 2. The molecule has 0 spiro atoms. The van der Waals surface area contributed by atoms with Crippen molar-refractivity contribution in [2.24, 2.45) is 0 Å². The zero-order valence-electron chi connectivity index (χ0n) is 23.5. The normalized spacial score (nSPS) is 20.1. The number of nitrogens with zero attached hydrogens (tertiary/aromatic N) is 3. The monoisotopic (exact) mass is 551 g/mol. The quantitative estimate of drug-likeness (QED) is 0.427. The Morgan fingerprint density at radius 2 is 1.66 bits per heavy atom. The number of carbonyl (C=O) groups excluding carboxylic acids is 2. The molecule has 2 aromatic carbocycles. The van der Waals surface area contributed by atoms with Crippen LogP contribution in [0.15, 0.2) is 48.0 Å². The maximum Gasteiger partial charge on any atom is 0.335 e. The highest BCUT2D eigenvalue weighted by Crippen LogP contribution is 2.46. The highest BCUT2D eigenvalue weighted by atomic mass is 16.4. The predicted octanol–water partition coefficient (Wildman–Crippen LogP) is 6.06. The average Bonchev–Trinajstić information content (AvgIpc) is 3.52. The first kappa shape index (κ1) is 26.1. The van der Waals surface area contributed by atoms with Gasteiger partial charge in [-0.3, -0.25) is 9.59 Å². The molecule has 0 atom stereocenters. The van der Waals surface area contributed by atoms with Gasteiger partial charge in [0.05, 0.1) is 17.8 Å². The molecule has 1 aliphatic carbocycles. The molecule has 41 heavy (non-hydrogen) atoms. The fourth-order valence-corrected chi connectivity index (χ4v) is 7.78. The third kappa shape index (κ3) is 4.55. The lowest BCUT2D eigenvalue weighted by Crippen LogP contribution is -2.47. The van der Waals surface area contributed by atoms with Gasteiger partial charge in [0.1, 0.15) is 0 Å². The average molecular weight is 552 g/mol. The minimum absolute atomic E-state index is 0.0364. The van der Waals surface area contributed by atoms with Gasteiger partial charge in [0.2, 0.25) is 5.91 Å². The van der Waals surface area contributed by atoms with Crippen LogP contribution in [0.3, 0.4) is 0 Å². The fraction of sp³-hybridized carbons (Fsp3) is 0.441. The predicted molar refractivity (Wildman–Crippen MR) is 159 cm³/mol. The SMILES string of the molecule is O=C(O)c1ccc2c(C3CCCCC3)c3n(c2c1)CC(C(=O)N1CCC(N2CCCC2=O)CC1)=Cc1ccccc1-3. The number of hydrogen-bond acceptors (Lipinski definition) is 3. The van der Waals surface area contributed by atoms with Crippen LogP contribution in [0.25, 0.3) is 28.2 Å². The van der Waals surface area contributed by atoms with Crippen LogP contribution < -0.4 is 0 Å². The van der Waals surface area contributed by atoms with E-state index in [1.165, 1.54) is 24.8 Å². The van der Waals surface area contributed by atoms with Gasteiger partial charge in [0.25, 0.3) is 5.91 Å². The largest absolute Gasteiger partial charge is 0.478 e. The molecule has 0 radical (unpaired) electrons. The number of carbonyl (C=O) groups is 3. The maximum absolute atomic E-state index is 14.1. The Kier molecular flexibility index (Phi) is 6.68. The van der Waals surface area contributed by atoms with Crippen LogP contribution in [0.4, 0.5) is 0 Å². The second-order valence-corrected chi connectivity index (χ2v) is 12.2. The van der Waals surface area contributed by atoms with Gasteiger partial charge in [-0.25, -0.2) is 4.79 Å². The third-order valence-electron chi connectivity index (χ3n) is 9.82. The summed E-state index contributed by atoms with van der Waals surface area (Å²) >= 11 is 0. The summed E-state index contributed by atoms with van der Waals surface area (Å²) in [5, 5.41) is 10.9. The Balaban J connectivity index is 1.29. The van der Waals surface area contributed by atoms with Crippen LogP contribution in [0.2, 0.25) is 0 Å². The number of carboxylic acids is 1. The summed E-state index contributed by atoms with van der Waals surface area (Å²) in [6.45, 7) is 2.52.